The number of aliphatic hydroxyl groups excluding tert-OH is 1. The van der Waals surface area contributed by atoms with Crippen molar-refractivity contribution < 1.29 is 14.4 Å². The molecule has 0 radical (unpaired) electrons. The van der Waals surface area contributed by atoms with Crippen molar-refractivity contribution in [2.75, 3.05) is 26.8 Å². The Morgan fingerprint density at radius 2 is 2.17 bits per heavy atom. The van der Waals surface area contributed by atoms with E-state index in [0.29, 0.717) is 17.6 Å². The zero-order chi connectivity index (χ0) is 16.2. The Hall–Kier alpha value is -1.92. The lowest BCUT2D eigenvalue weighted by atomic mass is 9.98. The fourth-order valence-electron chi connectivity index (χ4n) is 3.02. The Balaban J connectivity index is 1.72. The lowest BCUT2D eigenvalue weighted by Gasteiger charge is -2.34. The molecule has 1 aromatic carbocycles. The fraction of sp³-hybridized carbons (Fsp3) is 0.529. The van der Waals surface area contributed by atoms with E-state index in [4.69, 9.17) is 9.26 Å². The maximum atomic E-state index is 9.37. The molecular weight excluding hydrogens is 294 g/mol. The van der Waals surface area contributed by atoms with Crippen LogP contribution < -0.4 is 4.74 Å². The van der Waals surface area contributed by atoms with E-state index in [1.54, 1.807) is 7.11 Å². The number of likely N-dealkylation sites (tertiary alicyclic amines) is 1. The Kier molecular flexibility index (Phi) is 4.93. The molecule has 1 saturated heterocycles. The third-order valence-electron chi connectivity index (χ3n) is 4.50. The predicted octanol–water partition coefficient (Wildman–Crippen LogP) is 2.51. The van der Waals surface area contributed by atoms with Gasteiger partial charge in [0, 0.05) is 18.7 Å². The standard InChI is InChI=1S/C17H23N3O3/c1-12(20-9-3-4-13(10-20)11-21)17-18-16(19-23-17)14-5-7-15(22-2)8-6-14/h5-8,12-13,21H,3-4,9-11H2,1-2H3. The zero-order valence-electron chi connectivity index (χ0n) is 13.6. The van der Waals surface area contributed by atoms with Gasteiger partial charge >= 0.3 is 0 Å². The number of nitrogens with zero attached hydrogens (tertiary/aromatic N) is 3. The summed E-state index contributed by atoms with van der Waals surface area (Å²) >= 11 is 0. The first-order valence-electron chi connectivity index (χ1n) is 8.04. The van der Waals surface area contributed by atoms with Crippen molar-refractivity contribution in [3.63, 3.8) is 0 Å². The second-order valence-electron chi connectivity index (χ2n) is 6.05. The second kappa shape index (κ2) is 7.10. The summed E-state index contributed by atoms with van der Waals surface area (Å²) in [5.41, 5.74) is 0.903. The highest BCUT2D eigenvalue weighted by Crippen LogP contribution is 2.27. The van der Waals surface area contributed by atoms with Crippen LogP contribution in [0, 0.1) is 5.92 Å². The number of rotatable bonds is 5. The van der Waals surface area contributed by atoms with Crippen molar-refractivity contribution >= 4 is 0 Å². The second-order valence-corrected chi connectivity index (χ2v) is 6.05. The van der Waals surface area contributed by atoms with Gasteiger partial charge in [0.05, 0.1) is 13.2 Å². The topological polar surface area (TPSA) is 71.6 Å². The van der Waals surface area contributed by atoms with Crippen molar-refractivity contribution in [3.8, 4) is 17.1 Å². The van der Waals surface area contributed by atoms with Crippen LogP contribution in [0.4, 0.5) is 0 Å². The van der Waals surface area contributed by atoms with Crippen molar-refractivity contribution in [2.24, 2.45) is 5.92 Å². The lowest BCUT2D eigenvalue weighted by molar-refractivity contribution is 0.0810. The van der Waals surface area contributed by atoms with Gasteiger partial charge in [-0.25, -0.2) is 0 Å². The number of aliphatic hydroxyl groups is 1. The fourth-order valence-corrected chi connectivity index (χ4v) is 3.02. The largest absolute Gasteiger partial charge is 0.497 e. The molecule has 2 heterocycles. The summed E-state index contributed by atoms with van der Waals surface area (Å²) in [6, 6.07) is 7.65. The highest BCUT2D eigenvalue weighted by atomic mass is 16.5. The van der Waals surface area contributed by atoms with Crippen molar-refractivity contribution in [2.45, 2.75) is 25.8 Å². The summed E-state index contributed by atoms with van der Waals surface area (Å²) < 4.78 is 10.6. The molecule has 1 N–H and O–H groups in total. The van der Waals surface area contributed by atoms with Gasteiger partial charge in [-0.05, 0) is 56.5 Å². The van der Waals surface area contributed by atoms with Crippen LogP contribution in [0.1, 0.15) is 31.7 Å². The average Bonchev–Trinajstić information content (AvgIpc) is 3.11. The molecule has 6 nitrogen and oxygen atoms in total. The third-order valence-corrected chi connectivity index (χ3v) is 4.50. The molecule has 1 aliphatic rings. The maximum absolute atomic E-state index is 9.37. The minimum Gasteiger partial charge on any atom is -0.497 e. The minimum atomic E-state index is 0.0591. The van der Waals surface area contributed by atoms with Gasteiger partial charge in [-0.15, -0.1) is 0 Å². The Labute approximate surface area is 136 Å². The summed E-state index contributed by atoms with van der Waals surface area (Å²) in [6.45, 7) is 4.19. The first-order valence-corrected chi connectivity index (χ1v) is 8.04. The molecule has 23 heavy (non-hydrogen) atoms. The van der Waals surface area contributed by atoms with Crippen LogP contribution in [0.5, 0.6) is 5.75 Å². The summed E-state index contributed by atoms with van der Waals surface area (Å²) in [5.74, 6) is 2.35. The number of methoxy groups -OCH3 is 1. The molecule has 0 bridgehead atoms. The molecule has 0 saturated carbocycles. The molecule has 124 valence electrons. The number of ether oxygens (including phenoxy) is 1. The molecule has 1 aromatic heterocycles. The molecular formula is C17H23N3O3. The normalized spacial score (nSPS) is 20.4. The number of piperidine rings is 1. The van der Waals surface area contributed by atoms with E-state index >= 15 is 0 Å². The minimum absolute atomic E-state index is 0.0591. The zero-order valence-corrected chi connectivity index (χ0v) is 13.6. The SMILES string of the molecule is COc1ccc(-c2noc(C(C)N3CCCC(CO)C3)n2)cc1. The Morgan fingerprint density at radius 1 is 1.39 bits per heavy atom. The summed E-state index contributed by atoms with van der Waals surface area (Å²) in [7, 11) is 1.64. The Bertz CT molecular complexity index is 626. The smallest absolute Gasteiger partial charge is 0.244 e. The quantitative estimate of drug-likeness (QED) is 0.913. The van der Waals surface area contributed by atoms with Gasteiger partial charge in [-0.1, -0.05) is 5.16 Å². The molecule has 0 amide bonds. The van der Waals surface area contributed by atoms with Gasteiger partial charge in [0.25, 0.3) is 0 Å². The van der Waals surface area contributed by atoms with Crippen LogP contribution in [0.15, 0.2) is 28.8 Å². The first kappa shape index (κ1) is 16.0. The van der Waals surface area contributed by atoms with Crippen molar-refractivity contribution in [1.82, 2.24) is 15.0 Å². The number of hydrogen-bond donors (Lipinski definition) is 1. The van der Waals surface area contributed by atoms with Crippen LogP contribution in [0.25, 0.3) is 11.4 Å². The maximum Gasteiger partial charge on any atom is 0.244 e. The van der Waals surface area contributed by atoms with Crippen molar-refractivity contribution in [3.05, 3.63) is 30.2 Å². The van der Waals surface area contributed by atoms with Crippen LogP contribution in [0.2, 0.25) is 0 Å². The lowest BCUT2D eigenvalue weighted by Crippen LogP contribution is -2.38. The number of aromatic nitrogens is 2. The molecule has 2 unspecified atom stereocenters. The number of benzene rings is 1. The number of hydrogen-bond acceptors (Lipinski definition) is 6. The molecule has 1 fully saturated rings. The monoisotopic (exact) mass is 317 g/mol. The molecule has 0 spiro atoms. The van der Waals surface area contributed by atoms with Gasteiger partial charge in [0.15, 0.2) is 0 Å². The molecule has 6 heteroatoms. The highest BCUT2D eigenvalue weighted by molar-refractivity contribution is 5.55. The first-order chi connectivity index (χ1) is 11.2. The molecule has 2 atom stereocenters. The average molecular weight is 317 g/mol. The van der Waals surface area contributed by atoms with E-state index in [1.165, 1.54) is 0 Å². The third kappa shape index (κ3) is 3.54. The van der Waals surface area contributed by atoms with Gasteiger partial charge in [-0.3, -0.25) is 4.90 Å². The van der Waals surface area contributed by atoms with Gasteiger partial charge in [0.2, 0.25) is 11.7 Å². The Morgan fingerprint density at radius 3 is 2.87 bits per heavy atom. The van der Waals surface area contributed by atoms with E-state index in [2.05, 4.69) is 22.0 Å². The molecule has 1 aliphatic heterocycles. The molecule has 0 aliphatic carbocycles. The van der Waals surface area contributed by atoms with Crippen molar-refractivity contribution in [1.29, 1.82) is 0 Å². The van der Waals surface area contributed by atoms with E-state index in [9.17, 15) is 5.11 Å². The molecule has 3 rings (SSSR count). The van der Waals surface area contributed by atoms with Crippen LogP contribution >= 0.6 is 0 Å². The summed E-state index contributed by atoms with van der Waals surface area (Å²) in [4.78, 5) is 6.84. The highest BCUT2D eigenvalue weighted by Gasteiger charge is 2.27. The predicted molar refractivity (Wildman–Crippen MR) is 86.1 cm³/mol. The van der Waals surface area contributed by atoms with E-state index < -0.39 is 0 Å². The molecule has 2 aromatic rings. The van der Waals surface area contributed by atoms with Gasteiger partial charge in [0.1, 0.15) is 5.75 Å². The van der Waals surface area contributed by atoms with Gasteiger partial charge < -0.3 is 14.4 Å². The summed E-state index contributed by atoms with van der Waals surface area (Å²) in [6.07, 6.45) is 2.18. The van der Waals surface area contributed by atoms with Crippen LogP contribution in [0.3, 0.4) is 0 Å². The van der Waals surface area contributed by atoms with Gasteiger partial charge in [-0.2, -0.15) is 4.98 Å². The van der Waals surface area contributed by atoms with Crippen LogP contribution in [-0.4, -0.2) is 47.0 Å². The summed E-state index contributed by atoms with van der Waals surface area (Å²) in [5, 5.41) is 13.5. The van der Waals surface area contributed by atoms with E-state index in [0.717, 1.165) is 37.2 Å². The van der Waals surface area contributed by atoms with E-state index in [1.807, 2.05) is 24.3 Å². The van der Waals surface area contributed by atoms with Crippen LogP contribution in [-0.2, 0) is 0 Å². The van der Waals surface area contributed by atoms with E-state index in [-0.39, 0.29) is 12.6 Å².